The third kappa shape index (κ3) is 2.82. The fraction of sp³-hybridized carbons (Fsp3) is 0.333. The number of rotatable bonds is 5. The molecule has 0 saturated carbocycles. The van der Waals surface area contributed by atoms with Crippen LogP contribution >= 0.6 is 0 Å². The standard InChI is InChI=1S/C15H18N4O/c20-15(16-7-3-9-19-10-4-8-17-19)14-11-12-5-1-2-6-13(12)18-14/h1-2,4-6,8,10,14,18H,3,7,9,11H2,(H,16,20). The summed E-state index contributed by atoms with van der Waals surface area (Å²) in [6.45, 7) is 1.50. The number of hydrogen-bond donors (Lipinski definition) is 2. The number of aromatic nitrogens is 2. The Morgan fingerprint density at radius 1 is 1.40 bits per heavy atom. The Kier molecular flexibility index (Phi) is 3.67. The summed E-state index contributed by atoms with van der Waals surface area (Å²) in [5.41, 5.74) is 2.29. The van der Waals surface area contributed by atoms with Crippen molar-refractivity contribution in [3.8, 4) is 0 Å². The van der Waals surface area contributed by atoms with Gasteiger partial charge in [0.25, 0.3) is 0 Å². The van der Waals surface area contributed by atoms with E-state index in [1.807, 2.05) is 35.1 Å². The van der Waals surface area contributed by atoms with Crippen molar-refractivity contribution in [2.75, 3.05) is 11.9 Å². The average molecular weight is 270 g/mol. The lowest BCUT2D eigenvalue weighted by atomic mass is 10.1. The quantitative estimate of drug-likeness (QED) is 0.808. The Morgan fingerprint density at radius 2 is 2.30 bits per heavy atom. The van der Waals surface area contributed by atoms with Crippen LogP contribution in [-0.2, 0) is 17.8 Å². The van der Waals surface area contributed by atoms with Crippen LogP contribution in [-0.4, -0.2) is 28.3 Å². The molecule has 1 aliphatic rings. The molecule has 2 heterocycles. The summed E-state index contributed by atoms with van der Waals surface area (Å²) in [5.74, 6) is 0.0710. The van der Waals surface area contributed by atoms with E-state index in [1.54, 1.807) is 6.20 Å². The first-order valence-corrected chi connectivity index (χ1v) is 6.92. The van der Waals surface area contributed by atoms with Crippen molar-refractivity contribution in [2.24, 2.45) is 0 Å². The lowest BCUT2D eigenvalue weighted by molar-refractivity contribution is -0.121. The summed E-state index contributed by atoms with van der Waals surface area (Å²) in [7, 11) is 0. The van der Waals surface area contributed by atoms with Crippen LogP contribution in [0.5, 0.6) is 0 Å². The molecule has 1 amide bonds. The molecule has 3 rings (SSSR count). The van der Waals surface area contributed by atoms with Gasteiger partial charge in [-0.3, -0.25) is 9.48 Å². The van der Waals surface area contributed by atoms with Crippen molar-refractivity contribution in [3.05, 3.63) is 48.3 Å². The second-order valence-electron chi connectivity index (χ2n) is 4.97. The first kappa shape index (κ1) is 12.7. The molecule has 1 aromatic carbocycles. The number of aryl methyl sites for hydroxylation is 1. The maximum absolute atomic E-state index is 12.1. The minimum atomic E-state index is -0.142. The van der Waals surface area contributed by atoms with Crippen molar-refractivity contribution < 1.29 is 4.79 Å². The van der Waals surface area contributed by atoms with Gasteiger partial charge >= 0.3 is 0 Å². The largest absolute Gasteiger partial charge is 0.373 e. The Balaban J connectivity index is 1.42. The van der Waals surface area contributed by atoms with Crippen LogP contribution in [0.2, 0.25) is 0 Å². The number of para-hydroxylation sites is 1. The Hall–Kier alpha value is -2.30. The molecule has 0 radical (unpaired) electrons. The molecule has 5 heteroatoms. The first-order chi connectivity index (χ1) is 9.83. The van der Waals surface area contributed by atoms with Crippen molar-refractivity contribution >= 4 is 11.6 Å². The summed E-state index contributed by atoms with van der Waals surface area (Å²) < 4.78 is 1.87. The molecule has 1 unspecified atom stereocenters. The number of anilines is 1. The van der Waals surface area contributed by atoms with Gasteiger partial charge in [-0.2, -0.15) is 5.10 Å². The molecule has 20 heavy (non-hydrogen) atoms. The number of fused-ring (bicyclic) bond motifs is 1. The zero-order valence-electron chi connectivity index (χ0n) is 11.2. The lowest BCUT2D eigenvalue weighted by Gasteiger charge is -2.11. The third-order valence-electron chi connectivity index (χ3n) is 3.51. The molecule has 0 spiro atoms. The predicted molar refractivity (Wildman–Crippen MR) is 77.4 cm³/mol. The van der Waals surface area contributed by atoms with Crippen LogP contribution in [0.4, 0.5) is 5.69 Å². The van der Waals surface area contributed by atoms with E-state index < -0.39 is 0 Å². The second-order valence-corrected chi connectivity index (χ2v) is 4.97. The molecule has 2 aromatic rings. The van der Waals surface area contributed by atoms with Gasteiger partial charge in [0.1, 0.15) is 6.04 Å². The Bertz CT molecular complexity index is 554. The molecule has 0 bridgehead atoms. The van der Waals surface area contributed by atoms with Crippen molar-refractivity contribution in [1.82, 2.24) is 15.1 Å². The van der Waals surface area contributed by atoms with Crippen molar-refractivity contribution in [3.63, 3.8) is 0 Å². The monoisotopic (exact) mass is 270 g/mol. The molecule has 1 aromatic heterocycles. The van der Waals surface area contributed by atoms with Crippen LogP contribution < -0.4 is 10.6 Å². The highest BCUT2D eigenvalue weighted by Gasteiger charge is 2.25. The first-order valence-electron chi connectivity index (χ1n) is 6.92. The summed E-state index contributed by atoms with van der Waals surface area (Å²) >= 11 is 0. The van der Waals surface area contributed by atoms with Gasteiger partial charge < -0.3 is 10.6 Å². The van der Waals surface area contributed by atoms with Crippen LogP contribution in [0.25, 0.3) is 0 Å². The zero-order valence-corrected chi connectivity index (χ0v) is 11.2. The van der Waals surface area contributed by atoms with Gasteiger partial charge in [0.15, 0.2) is 0 Å². The van der Waals surface area contributed by atoms with Gasteiger partial charge in [-0.05, 0) is 24.1 Å². The van der Waals surface area contributed by atoms with E-state index in [2.05, 4.69) is 21.8 Å². The molecule has 2 N–H and O–H groups in total. The normalized spacial score (nSPS) is 16.5. The van der Waals surface area contributed by atoms with Crippen LogP contribution in [0, 0.1) is 0 Å². The van der Waals surface area contributed by atoms with Crippen LogP contribution in [0.3, 0.4) is 0 Å². The van der Waals surface area contributed by atoms with Crippen molar-refractivity contribution in [2.45, 2.75) is 25.4 Å². The fourth-order valence-electron chi connectivity index (χ4n) is 2.46. The SMILES string of the molecule is O=C(NCCCn1cccn1)C1Cc2ccccc2N1. The molecule has 0 fully saturated rings. The van der Waals surface area contributed by atoms with E-state index >= 15 is 0 Å². The molecule has 1 aliphatic heterocycles. The Morgan fingerprint density at radius 3 is 3.10 bits per heavy atom. The van der Waals surface area contributed by atoms with Gasteiger partial charge in [-0.15, -0.1) is 0 Å². The highest BCUT2D eigenvalue weighted by Crippen LogP contribution is 2.24. The Labute approximate surface area is 118 Å². The number of amides is 1. The number of carbonyl (C=O) groups excluding carboxylic acids is 1. The van der Waals surface area contributed by atoms with Gasteiger partial charge in [0, 0.05) is 37.6 Å². The minimum absolute atomic E-state index is 0.0710. The second kappa shape index (κ2) is 5.77. The lowest BCUT2D eigenvalue weighted by Crippen LogP contribution is -2.39. The number of benzene rings is 1. The molecular formula is C15H18N4O. The summed E-state index contributed by atoms with van der Waals surface area (Å²) in [4.78, 5) is 12.1. The van der Waals surface area contributed by atoms with E-state index in [0.717, 1.165) is 25.1 Å². The molecular weight excluding hydrogens is 252 g/mol. The van der Waals surface area contributed by atoms with E-state index in [-0.39, 0.29) is 11.9 Å². The van der Waals surface area contributed by atoms with E-state index in [9.17, 15) is 4.79 Å². The van der Waals surface area contributed by atoms with Crippen molar-refractivity contribution in [1.29, 1.82) is 0 Å². The smallest absolute Gasteiger partial charge is 0.242 e. The van der Waals surface area contributed by atoms with Gasteiger partial charge in [0.05, 0.1) is 0 Å². The number of carbonyl (C=O) groups is 1. The molecule has 0 saturated heterocycles. The van der Waals surface area contributed by atoms with Gasteiger partial charge in [0.2, 0.25) is 5.91 Å². The third-order valence-corrected chi connectivity index (χ3v) is 3.51. The highest BCUT2D eigenvalue weighted by atomic mass is 16.2. The highest BCUT2D eigenvalue weighted by molar-refractivity contribution is 5.87. The molecule has 5 nitrogen and oxygen atoms in total. The average Bonchev–Trinajstić information content (AvgIpc) is 3.12. The maximum atomic E-state index is 12.1. The number of hydrogen-bond acceptors (Lipinski definition) is 3. The van der Waals surface area contributed by atoms with E-state index in [1.165, 1.54) is 5.56 Å². The zero-order chi connectivity index (χ0) is 13.8. The molecule has 0 aliphatic carbocycles. The molecule has 104 valence electrons. The number of nitrogens with one attached hydrogen (secondary N) is 2. The van der Waals surface area contributed by atoms with Gasteiger partial charge in [-0.1, -0.05) is 18.2 Å². The summed E-state index contributed by atoms with van der Waals surface area (Å²) in [6.07, 6.45) is 5.34. The van der Waals surface area contributed by atoms with E-state index in [4.69, 9.17) is 0 Å². The van der Waals surface area contributed by atoms with Crippen LogP contribution in [0.1, 0.15) is 12.0 Å². The maximum Gasteiger partial charge on any atom is 0.242 e. The fourth-order valence-corrected chi connectivity index (χ4v) is 2.46. The topological polar surface area (TPSA) is 59.0 Å². The molecule has 1 atom stereocenters. The minimum Gasteiger partial charge on any atom is -0.373 e. The van der Waals surface area contributed by atoms with E-state index in [0.29, 0.717) is 6.54 Å². The summed E-state index contributed by atoms with van der Waals surface area (Å²) in [5, 5.41) is 10.4. The summed E-state index contributed by atoms with van der Waals surface area (Å²) in [6, 6.07) is 9.82. The van der Waals surface area contributed by atoms with Crippen LogP contribution in [0.15, 0.2) is 42.7 Å². The number of nitrogens with zero attached hydrogens (tertiary/aromatic N) is 2. The van der Waals surface area contributed by atoms with Gasteiger partial charge in [-0.25, -0.2) is 0 Å². The predicted octanol–water partition coefficient (Wildman–Crippen LogP) is 1.43.